The third-order valence-corrected chi connectivity index (χ3v) is 3.17. The lowest BCUT2D eigenvalue weighted by Gasteiger charge is -2.07. The second-order valence-electron chi connectivity index (χ2n) is 3.55. The van der Waals surface area contributed by atoms with Crippen LogP contribution in [-0.2, 0) is 0 Å². The van der Waals surface area contributed by atoms with Crippen molar-refractivity contribution in [1.82, 2.24) is 19.2 Å². The van der Waals surface area contributed by atoms with Gasteiger partial charge in [0.1, 0.15) is 5.82 Å². The molecule has 0 bridgehead atoms. The molecule has 0 amide bonds. The van der Waals surface area contributed by atoms with Crippen molar-refractivity contribution in [2.75, 3.05) is 0 Å². The van der Waals surface area contributed by atoms with Crippen LogP contribution < -0.4 is 5.56 Å². The van der Waals surface area contributed by atoms with Crippen LogP contribution in [0.1, 0.15) is 0 Å². The highest BCUT2D eigenvalue weighted by molar-refractivity contribution is 14.1. The van der Waals surface area contributed by atoms with Crippen LogP contribution in [0.3, 0.4) is 0 Å². The zero-order chi connectivity index (χ0) is 12.7. The van der Waals surface area contributed by atoms with Crippen LogP contribution in [0.4, 0.5) is 4.39 Å². The topological polar surface area (TPSA) is 52.2 Å². The van der Waals surface area contributed by atoms with Crippen LogP contribution in [-0.4, -0.2) is 19.2 Å². The van der Waals surface area contributed by atoms with Gasteiger partial charge in [-0.2, -0.15) is 0 Å². The molecule has 0 saturated heterocycles. The van der Waals surface area contributed by atoms with E-state index in [1.165, 1.54) is 21.3 Å². The second-order valence-corrected chi connectivity index (χ2v) is 4.52. The van der Waals surface area contributed by atoms with Gasteiger partial charge in [-0.15, -0.1) is 5.10 Å². The molecule has 0 aliphatic rings. The zero-order valence-corrected chi connectivity index (χ0v) is 11.1. The first-order valence-electron chi connectivity index (χ1n) is 5.05. The molecule has 3 aromatic heterocycles. The Balaban J connectivity index is 2.43. The maximum Gasteiger partial charge on any atom is 0.287 e. The Bertz CT molecular complexity index is 781. The summed E-state index contributed by atoms with van der Waals surface area (Å²) in [6.07, 6.45) is 2.98. The lowest BCUT2D eigenvalue weighted by atomic mass is 10.4. The fourth-order valence-corrected chi connectivity index (χ4v) is 2.39. The van der Waals surface area contributed by atoms with Crippen molar-refractivity contribution in [3.63, 3.8) is 0 Å². The SMILES string of the molecule is O=c1c2c(F)ccn2nc(I)n1-c1ccccn1. The van der Waals surface area contributed by atoms with Crippen LogP contribution in [0, 0.1) is 9.65 Å². The summed E-state index contributed by atoms with van der Waals surface area (Å²) in [4.78, 5) is 16.3. The highest BCUT2D eigenvalue weighted by atomic mass is 127. The minimum atomic E-state index is -0.589. The highest BCUT2D eigenvalue weighted by Crippen LogP contribution is 2.10. The number of fused-ring (bicyclic) bond motifs is 1. The lowest BCUT2D eigenvalue weighted by molar-refractivity contribution is 0.633. The molecule has 18 heavy (non-hydrogen) atoms. The van der Waals surface area contributed by atoms with E-state index in [4.69, 9.17) is 0 Å². The molecule has 0 unspecified atom stereocenters. The maximum atomic E-state index is 13.5. The van der Waals surface area contributed by atoms with Crippen molar-refractivity contribution in [2.45, 2.75) is 0 Å². The van der Waals surface area contributed by atoms with Crippen LogP contribution >= 0.6 is 22.6 Å². The van der Waals surface area contributed by atoms with Gasteiger partial charge < -0.3 is 0 Å². The van der Waals surface area contributed by atoms with Gasteiger partial charge in [0.15, 0.2) is 15.2 Å². The molecule has 0 spiro atoms. The molecule has 0 N–H and O–H groups in total. The molecule has 0 atom stereocenters. The Morgan fingerprint density at radius 2 is 2.11 bits per heavy atom. The van der Waals surface area contributed by atoms with Gasteiger partial charge in [-0.25, -0.2) is 18.5 Å². The first-order chi connectivity index (χ1) is 8.68. The molecule has 90 valence electrons. The van der Waals surface area contributed by atoms with Gasteiger partial charge in [-0.3, -0.25) is 4.79 Å². The predicted octanol–water partition coefficient (Wildman–Crippen LogP) is 1.62. The minimum Gasteiger partial charge on any atom is -0.266 e. The summed E-state index contributed by atoms with van der Waals surface area (Å²) in [5, 5.41) is 4.12. The standard InChI is InChI=1S/C11H6FIN4O/c12-7-4-6-16-9(7)10(18)17(11(13)15-16)8-3-1-2-5-14-8/h1-6H. The molecule has 0 radical (unpaired) electrons. The van der Waals surface area contributed by atoms with Gasteiger partial charge in [-0.1, -0.05) is 6.07 Å². The van der Waals surface area contributed by atoms with Gasteiger partial charge in [-0.05, 0) is 18.2 Å². The number of rotatable bonds is 1. The summed E-state index contributed by atoms with van der Waals surface area (Å²) in [6, 6.07) is 6.37. The van der Waals surface area contributed by atoms with E-state index in [-0.39, 0.29) is 5.52 Å². The third kappa shape index (κ3) is 1.62. The van der Waals surface area contributed by atoms with Crippen LogP contribution in [0.15, 0.2) is 41.5 Å². The first kappa shape index (κ1) is 11.3. The fraction of sp³-hybridized carbons (Fsp3) is 0. The van der Waals surface area contributed by atoms with E-state index in [2.05, 4.69) is 10.1 Å². The molecule has 3 aromatic rings. The normalized spacial score (nSPS) is 11.0. The van der Waals surface area contributed by atoms with Crippen LogP contribution in [0.5, 0.6) is 0 Å². The van der Waals surface area contributed by atoms with E-state index in [0.717, 1.165) is 0 Å². The van der Waals surface area contributed by atoms with Gasteiger partial charge in [0.25, 0.3) is 5.56 Å². The summed E-state index contributed by atoms with van der Waals surface area (Å²) in [5.74, 6) is -0.170. The van der Waals surface area contributed by atoms with Crippen LogP contribution in [0.2, 0.25) is 0 Å². The molecule has 3 rings (SSSR count). The van der Waals surface area contributed by atoms with Crippen molar-refractivity contribution in [2.24, 2.45) is 0 Å². The van der Waals surface area contributed by atoms with E-state index >= 15 is 0 Å². The highest BCUT2D eigenvalue weighted by Gasteiger charge is 2.14. The molecule has 7 heteroatoms. The molecule has 0 aliphatic heterocycles. The first-order valence-corrected chi connectivity index (χ1v) is 6.13. The quantitative estimate of drug-likeness (QED) is 0.623. The van der Waals surface area contributed by atoms with Gasteiger partial charge >= 0.3 is 0 Å². The Hall–Kier alpha value is -1.77. The number of aromatic nitrogens is 4. The van der Waals surface area contributed by atoms with Gasteiger partial charge in [0.2, 0.25) is 0 Å². The average molecular weight is 356 g/mol. The van der Waals surface area contributed by atoms with E-state index < -0.39 is 11.4 Å². The van der Waals surface area contributed by atoms with Crippen molar-refractivity contribution in [1.29, 1.82) is 0 Å². The van der Waals surface area contributed by atoms with E-state index in [0.29, 0.717) is 9.65 Å². The largest absolute Gasteiger partial charge is 0.287 e. The van der Waals surface area contributed by atoms with Crippen molar-refractivity contribution >= 4 is 28.1 Å². The van der Waals surface area contributed by atoms with E-state index in [1.807, 2.05) is 22.6 Å². The number of halogens is 2. The number of nitrogens with zero attached hydrogens (tertiary/aromatic N) is 4. The summed E-state index contributed by atoms with van der Waals surface area (Å²) in [5.41, 5.74) is -0.559. The van der Waals surface area contributed by atoms with Crippen molar-refractivity contribution < 1.29 is 4.39 Å². The Morgan fingerprint density at radius 3 is 2.83 bits per heavy atom. The van der Waals surface area contributed by atoms with Crippen LogP contribution in [0.25, 0.3) is 11.3 Å². The Labute approximate surface area is 114 Å². The summed E-state index contributed by atoms with van der Waals surface area (Å²) >= 11 is 1.92. The molecular formula is C11H6FIN4O. The smallest absolute Gasteiger partial charge is 0.266 e. The molecular weight excluding hydrogens is 350 g/mol. The number of pyridine rings is 1. The Morgan fingerprint density at radius 1 is 1.28 bits per heavy atom. The molecule has 0 fully saturated rings. The average Bonchev–Trinajstić information content (AvgIpc) is 2.72. The van der Waals surface area contributed by atoms with Gasteiger partial charge in [0.05, 0.1) is 0 Å². The Kier molecular flexibility index (Phi) is 2.62. The molecule has 3 heterocycles. The van der Waals surface area contributed by atoms with Gasteiger partial charge in [0, 0.05) is 35.0 Å². The number of hydrogen-bond acceptors (Lipinski definition) is 3. The molecule has 0 aliphatic carbocycles. The fourth-order valence-electron chi connectivity index (χ4n) is 1.69. The number of hydrogen-bond donors (Lipinski definition) is 0. The molecule has 0 saturated carbocycles. The molecule has 5 nitrogen and oxygen atoms in total. The van der Waals surface area contributed by atoms with E-state index in [1.54, 1.807) is 24.4 Å². The second kappa shape index (κ2) is 4.16. The van der Waals surface area contributed by atoms with Crippen molar-refractivity contribution in [3.05, 3.63) is 56.7 Å². The zero-order valence-electron chi connectivity index (χ0n) is 8.92. The predicted molar refractivity (Wildman–Crippen MR) is 71.3 cm³/mol. The minimum absolute atomic E-state index is 0.0823. The monoisotopic (exact) mass is 356 g/mol. The lowest BCUT2D eigenvalue weighted by Crippen LogP contribution is -2.26. The van der Waals surface area contributed by atoms with E-state index in [9.17, 15) is 9.18 Å². The third-order valence-electron chi connectivity index (χ3n) is 2.48. The van der Waals surface area contributed by atoms with Crippen molar-refractivity contribution in [3.8, 4) is 5.82 Å². The maximum absolute atomic E-state index is 13.5. The summed E-state index contributed by atoms with van der Waals surface area (Å²) in [6.45, 7) is 0. The molecule has 0 aromatic carbocycles. The summed E-state index contributed by atoms with van der Waals surface area (Å²) < 4.78 is 16.5. The summed E-state index contributed by atoms with van der Waals surface area (Å²) in [7, 11) is 0.